The lowest BCUT2D eigenvalue weighted by Crippen LogP contribution is -2.13. The van der Waals surface area contributed by atoms with Gasteiger partial charge >= 0.3 is 0 Å². The van der Waals surface area contributed by atoms with Crippen LogP contribution in [0.15, 0.2) is 39.4 Å². The Labute approximate surface area is 130 Å². The van der Waals surface area contributed by atoms with Gasteiger partial charge in [0.15, 0.2) is 0 Å². The van der Waals surface area contributed by atoms with Crippen molar-refractivity contribution in [3.05, 3.63) is 55.9 Å². The third kappa shape index (κ3) is 3.32. The molecule has 0 atom stereocenters. The summed E-state index contributed by atoms with van der Waals surface area (Å²) < 4.78 is 14.0. The Kier molecular flexibility index (Phi) is 4.54. The molecule has 2 rings (SSSR count). The molecule has 0 spiro atoms. The number of carbonyl (C=O) groups excluding carboxylic acids is 1. The summed E-state index contributed by atoms with van der Waals surface area (Å²) in [6.45, 7) is 0. The van der Waals surface area contributed by atoms with E-state index in [9.17, 15) is 9.18 Å². The van der Waals surface area contributed by atoms with Gasteiger partial charge in [-0.15, -0.1) is 0 Å². The van der Waals surface area contributed by atoms with Crippen molar-refractivity contribution in [1.82, 2.24) is 4.98 Å². The molecule has 0 unspecified atom stereocenters. The molecule has 1 aromatic carbocycles. The molecule has 0 bridgehead atoms. The van der Waals surface area contributed by atoms with Gasteiger partial charge in [-0.05, 0) is 50.1 Å². The maximum Gasteiger partial charge on any atom is 0.256 e. The van der Waals surface area contributed by atoms with E-state index in [2.05, 4.69) is 42.2 Å². The van der Waals surface area contributed by atoms with E-state index in [-0.39, 0.29) is 10.0 Å². The first-order chi connectivity index (χ1) is 8.99. The van der Waals surface area contributed by atoms with Gasteiger partial charge in [-0.3, -0.25) is 4.79 Å². The minimum Gasteiger partial charge on any atom is -0.321 e. The maximum atomic E-state index is 13.3. The number of hydrogen-bond donors (Lipinski definition) is 1. The largest absolute Gasteiger partial charge is 0.321 e. The highest BCUT2D eigenvalue weighted by Gasteiger charge is 2.13. The molecule has 0 aliphatic heterocycles. The second-order valence-corrected chi connectivity index (χ2v) is 5.56. The molecule has 2 aromatic rings. The monoisotopic (exact) mass is 406 g/mol. The minimum absolute atomic E-state index is 0.119. The molecular weight excluding hydrogens is 402 g/mol. The summed E-state index contributed by atoms with van der Waals surface area (Å²) in [4.78, 5) is 15.9. The lowest BCUT2D eigenvalue weighted by atomic mass is 10.2. The van der Waals surface area contributed by atoms with Crippen molar-refractivity contribution >= 4 is 55.1 Å². The Morgan fingerprint density at radius 1 is 1.37 bits per heavy atom. The zero-order valence-corrected chi connectivity index (χ0v) is 13.2. The first kappa shape index (κ1) is 14.4. The van der Waals surface area contributed by atoms with Crippen LogP contribution in [-0.2, 0) is 0 Å². The molecule has 0 radical (unpaired) electrons. The van der Waals surface area contributed by atoms with Crippen molar-refractivity contribution in [3.63, 3.8) is 0 Å². The maximum absolute atomic E-state index is 13.3. The van der Waals surface area contributed by atoms with Gasteiger partial charge in [0, 0.05) is 0 Å². The summed E-state index contributed by atoms with van der Waals surface area (Å²) in [6, 6.07) is 5.85. The summed E-state index contributed by atoms with van der Waals surface area (Å²) in [7, 11) is 0. The molecule has 19 heavy (non-hydrogen) atoms. The van der Waals surface area contributed by atoms with Crippen molar-refractivity contribution in [2.24, 2.45) is 0 Å². The smallest absolute Gasteiger partial charge is 0.256 e. The Bertz CT molecular complexity index is 652. The number of carbonyl (C=O) groups is 1. The third-order valence-corrected chi connectivity index (χ3v) is 4.19. The van der Waals surface area contributed by atoms with Crippen LogP contribution in [0.3, 0.4) is 0 Å². The van der Waals surface area contributed by atoms with Gasteiger partial charge in [0.05, 0.1) is 26.4 Å². The Morgan fingerprint density at radius 2 is 2.11 bits per heavy atom. The lowest BCUT2D eigenvalue weighted by Gasteiger charge is -2.07. The number of benzene rings is 1. The molecule has 1 aromatic heterocycles. The van der Waals surface area contributed by atoms with Crippen LogP contribution >= 0.6 is 43.5 Å². The molecule has 1 N–H and O–H groups in total. The number of amides is 1. The summed E-state index contributed by atoms with van der Waals surface area (Å²) in [6.07, 6.45) is 1.41. The fourth-order valence-corrected chi connectivity index (χ4v) is 2.26. The molecule has 0 aliphatic carbocycles. The Hall–Kier alpha value is -0.980. The molecule has 0 aliphatic rings. The minimum atomic E-state index is -0.497. The van der Waals surface area contributed by atoms with Crippen LogP contribution in [0.1, 0.15) is 10.4 Å². The van der Waals surface area contributed by atoms with Crippen molar-refractivity contribution < 1.29 is 9.18 Å². The Morgan fingerprint density at radius 3 is 2.79 bits per heavy atom. The first-order valence-electron chi connectivity index (χ1n) is 5.05. The van der Waals surface area contributed by atoms with E-state index in [4.69, 9.17) is 11.6 Å². The van der Waals surface area contributed by atoms with E-state index in [0.717, 1.165) is 0 Å². The van der Waals surface area contributed by atoms with Gasteiger partial charge in [-0.2, -0.15) is 0 Å². The van der Waals surface area contributed by atoms with Gasteiger partial charge in [-0.1, -0.05) is 17.7 Å². The van der Waals surface area contributed by atoms with Crippen molar-refractivity contribution in [2.45, 2.75) is 0 Å². The van der Waals surface area contributed by atoms with E-state index in [0.29, 0.717) is 15.3 Å². The van der Waals surface area contributed by atoms with Crippen LogP contribution in [0.25, 0.3) is 0 Å². The molecule has 1 heterocycles. The topological polar surface area (TPSA) is 42.0 Å². The predicted octanol–water partition coefficient (Wildman–Crippen LogP) is 4.65. The average molecular weight is 408 g/mol. The van der Waals surface area contributed by atoms with Crippen molar-refractivity contribution in [1.29, 1.82) is 0 Å². The summed E-state index contributed by atoms with van der Waals surface area (Å²) in [5.41, 5.74) is 0.656. The summed E-state index contributed by atoms with van der Waals surface area (Å²) in [5, 5.41) is 2.90. The zero-order chi connectivity index (χ0) is 14.0. The SMILES string of the molecule is O=C(Nc1cnc(Cl)c(Br)c1)c1cccc(F)c1Br. The molecule has 0 saturated carbocycles. The highest BCUT2D eigenvalue weighted by Crippen LogP contribution is 2.25. The van der Waals surface area contributed by atoms with Gasteiger partial charge in [0.2, 0.25) is 0 Å². The van der Waals surface area contributed by atoms with Crippen LogP contribution in [0, 0.1) is 5.82 Å². The standard InChI is InChI=1S/C12H6Br2ClFN2O/c13-8-4-6(5-17-11(8)15)18-12(19)7-2-1-3-9(16)10(7)14/h1-5H,(H,18,19). The van der Waals surface area contributed by atoms with E-state index in [1.807, 2.05) is 0 Å². The van der Waals surface area contributed by atoms with Gasteiger partial charge in [0.25, 0.3) is 5.91 Å². The number of nitrogens with one attached hydrogen (secondary N) is 1. The van der Waals surface area contributed by atoms with Crippen LogP contribution in [0.4, 0.5) is 10.1 Å². The average Bonchev–Trinajstić information content (AvgIpc) is 2.37. The van der Waals surface area contributed by atoms with E-state index >= 15 is 0 Å². The van der Waals surface area contributed by atoms with Crippen LogP contribution in [0.2, 0.25) is 5.15 Å². The number of aromatic nitrogens is 1. The van der Waals surface area contributed by atoms with Crippen LogP contribution < -0.4 is 5.32 Å². The molecule has 7 heteroatoms. The lowest BCUT2D eigenvalue weighted by molar-refractivity contribution is 0.102. The van der Waals surface area contributed by atoms with Crippen LogP contribution in [-0.4, -0.2) is 10.9 Å². The van der Waals surface area contributed by atoms with Crippen molar-refractivity contribution in [3.8, 4) is 0 Å². The Balaban J connectivity index is 2.26. The molecule has 3 nitrogen and oxygen atoms in total. The third-order valence-electron chi connectivity index (χ3n) is 2.25. The highest BCUT2D eigenvalue weighted by atomic mass is 79.9. The van der Waals surface area contributed by atoms with E-state index < -0.39 is 11.7 Å². The number of halogens is 4. The molecule has 0 fully saturated rings. The number of rotatable bonds is 2. The van der Waals surface area contributed by atoms with Gasteiger partial charge < -0.3 is 5.32 Å². The summed E-state index contributed by atoms with van der Waals surface area (Å²) in [5.74, 6) is -0.939. The first-order valence-corrected chi connectivity index (χ1v) is 7.02. The number of hydrogen-bond acceptors (Lipinski definition) is 2. The van der Waals surface area contributed by atoms with Crippen LogP contribution in [0.5, 0.6) is 0 Å². The van der Waals surface area contributed by atoms with Crippen molar-refractivity contribution in [2.75, 3.05) is 5.32 Å². The normalized spacial score (nSPS) is 10.3. The molecule has 1 amide bonds. The highest BCUT2D eigenvalue weighted by molar-refractivity contribution is 9.10. The second kappa shape index (κ2) is 5.98. The predicted molar refractivity (Wildman–Crippen MR) is 79.0 cm³/mol. The molecular formula is C12H6Br2ClFN2O. The number of pyridine rings is 1. The fraction of sp³-hybridized carbons (Fsp3) is 0. The second-order valence-electron chi connectivity index (χ2n) is 3.55. The van der Waals surface area contributed by atoms with Gasteiger partial charge in [-0.25, -0.2) is 9.37 Å². The quantitative estimate of drug-likeness (QED) is 0.735. The van der Waals surface area contributed by atoms with E-state index in [1.54, 1.807) is 6.07 Å². The molecule has 0 saturated heterocycles. The zero-order valence-electron chi connectivity index (χ0n) is 9.25. The number of anilines is 1. The molecule has 98 valence electrons. The fourth-order valence-electron chi connectivity index (χ4n) is 1.37. The van der Waals surface area contributed by atoms with E-state index in [1.165, 1.54) is 24.4 Å². The number of nitrogens with zero attached hydrogens (tertiary/aromatic N) is 1. The van der Waals surface area contributed by atoms with Gasteiger partial charge in [0.1, 0.15) is 11.0 Å². The summed E-state index contributed by atoms with van der Waals surface area (Å²) >= 11 is 12.0.